The van der Waals surface area contributed by atoms with E-state index in [0.29, 0.717) is 40.2 Å². The summed E-state index contributed by atoms with van der Waals surface area (Å²) in [5, 5.41) is 8.62. The lowest BCUT2D eigenvalue weighted by atomic mass is 10.1. The van der Waals surface area contributed by atoms with Gasteiger partial charge in [0, 0.05) is 23.4 Å². The zero-order valence-electron chi connectivity index (χ0n) is 17.4. The molecule has 0 saturated heterocycles. The van der Waals surface area contributed by atoms with E-state index in [1.165, 1.54) is 0 Å². The Labute approximate surface area is 200 Å². The molecule has 6 nitrogen and oxygen atoms in total. The van der Waals surface area contributed by atoms with E-state index >= 15 is 0 Å². The largest absolute Gasteiger partial charge is 0.493 e. The summed E-state index contributed by atoms with van der Waals surface area (Å²) in [5.41, 5.74) is 2.65. The Bertz CT molecular complexity index is 1110. The smallest absolute Gasteiger partial charge is 0.257 e. The molecule has 2 amide bonds. The Balaban J connectivity index is 1.52. The molecule has 0 aliphatic carbocycles. The maximum Gasteiger partial charge on any atom is 0.257 e. The second-order valence-corrected chi connectivity index (χ2v) is 7.99. The Morgan fingerprint density at radius 1 is 0.938 bits per heavy atom. The Morgan fingerprint density at radius 3 is 2.28 bits per heavy atom. The molecule has 0 aliphatic heterocycles. The molecule has 8 heteroatoms. The number of rotatable bonds is 7. The third-order valence-corrected chi connectivity index (χ3v) is 5.25. The monoisotopic (exact) mass is 511 g/mol. The summed E-state index contributed by atoms with van der Waals surface area (Å²) in [7, 11) is 0. The van der Waals surface area contributed by atoms with E-state index in [0.717, 1.165) is 5.56 Å². The van der Waals surface area contributed by atoms with Crippen molar-refractivity contribution in [1.82, 2.24) is 10.6 Å². The predicted molar refractivity (Wildman–Crippen MR) is 133 cm³/mol. The highest BCUT2D eigenvalue weighted by Gasteiger charge is 2.11. The molecule has 32 heavy (non-hydrogen) atoms. The zero-order valence-corrected chi connectivity index (χ0v) is 19.8. The summed E-state index contributed by atoms with van der Waals surface area (Å²) in [6.45, 7) is 2.88. The van der Waals surface area contributed by atoms with Crippen LogP contribution in [0.2, 0.25) is 0 Å². The van der Waals surface area contributed by atoms with Crippen LogP contribution in [0, 0.1) is 0 Å². The van der Waals surface area contributed by atoms with E-state index in [4.69, 9.17) is 17.0 Å². The van der Waals surface area contributed by atoms with Gasteiger partial charge in [0.2, 0.25) is 0 Å². The van der Waals surface area contributed by atoms with Crippen molar-refractivity contribution < 1.29 is 14.3 Å². The van der Waals surface area contributed by atoms with Crippen LogP contribution in [-0.4, -0.2) is 23.5 Å². The number of anilines is 1. The second-order valence-electron chi connectivity index (χ2n) is 6.73. The summed E-state index contributed by atoms with van der Waals surface area (Å²) >= 11 is 8.63. The molecule has 0 aromatic heterocycles. The van der Waals surface area contributed by atoms with Crippen molar-refractivity contribution in [2.24, 2.45) is 0 Å². The van der Waals surface area contributed by atoms with Gasteiger partial charge in [-0.3, -0.25) is 14.9 Å². The van der Waals surface area contributed by atoms with E-state index in [1.807, 2.05) is 37.3 Å². The van der Waals surface area contributed by atoms with Gasteiger partial charge < -0.3 is 15.4 Å². The fraction of sp³-hybridized carbons (Fsp3) is 0.125. The lowest BCUT2D eigenvalue weighted by Crippen LogP contribution is -2.34. The van der Waals surface area contributed by atoms with E-state index < -0.39 is 0 Å². The van der Waals surface area contributed by atoms with Gasteiger partial charge in [-0.1, -0.05) is 30.3 Å². The Hall–Kier alpha value is -3.23. The van der Waals surface area contributed by atoms with Gasteiger partial charge in [0.1, 0.15) is 5.75 Å². The number of thiocarbonyl (C=S) groups is 1. The van der Waals surface area contributed by atoms with Crippen LogP contribution in [0.25, 0.3) is 0 Å². The lowest BCUT2D eigenvalue weighted by Gasteiger charge is -2.11. The van der Waals surface area contributed by atoms with E-state index in [1.54, 1.807) is 42.5 Å². The summed E-state index contributed by atoms with van der Waals surface area (Å²) in [6, 6.07) is 21.6. The van der Waals surface area contributed by atoms with Gasteiger partial charge in [0.25, 0.3) is 11.8 Å². The number of nitrogens with one attached hydrogen (secondary N) is 3. The zero-order chi connectivity index (χ0) is 22.9. The van der Waals surface area contributed by atoms with Crippen LogP contribution in [0.4, 0.5) is 5.69 Å². The molecule has 164 valence electrons. The van der Waals surface area contributed by atoms with Crippen LogP contribution in [0.1, 0.15) is 33.2 Å². The first-order valence-corrected chi connectivity index (χ1v) is 11.1. The average Bonchev–Trinajstić information content (AvgIpc) is 2.80. The Kier molecular flexibility index (Phi) is 8.35. The van der Waals surface area contributed by atoms with Gasteiger partial charge in [-0.05, 0) is 83.1 Å². The summed E-state index contributed by atoms with van der Waals surface area (Å²) in [6.07, 6.45) is 0. The average molecular weight is 512 g/mol. The molecule has 0 aliphatic rings. The Morgan fingerprint density at radius 2 is 1.62 bits per heavy atom. The molecule has 0 bridgehead atoms. The normalized spacial score (nSPS) is 10.2. The van der Waals surface area contributed by atoms with Gasteiger partial charge in [0.05, 0.1) is 11.1 Å². The molecule has 0 spiro atoms. The van der Waals surface area contributed by atoms with Crippen LogP contribution >= 0.6 is 28.1 Å². The number of halogens is 1. The standard InChI is InChI=1S/C24H22BrN3O3S/c1-2-31-21-13-10-18(14-20(21)25)23(30)28-24(32)27-19-11-8-17(9-12-19)22(29)26-15-16-6-4-3-5-7-16/h3-14H,2,15H2,1H3,(H,26,29)(H2,27,28,30,32). The van der Waals surface area contributed by atoms with Crippen LogP contribution in [0.15, 0.2) is 77.3 Å². The third-order valence-electron chi connectivity index (χ3n) is 4.42. The molecule has 0 saturated carbocycles. The minimum absolute atomic E-state index is 0.154. The topological polar surface area (TPSA) is 79.5 Å². The predicted octanol–water partition coefficient (Wildman–Crippen LogP) is 4.90. The highest BCUT2D eigenvalue weighted by molar-refractivity contribution is 9.10. The first-order valence-electron chi connectivity index (χ1n) is 9.93. The van der Waals surface area contributed by atoms with Crippen LogP contribution < -0.4 is 20.7 Å². The number of amides is 2. The van der Waals surface area contributed by atoms with Crippen LogP contribution in [0.5, 0.6) is 5.75 Å². The van der Waals surface area contributed by atoms with Crippen LogP contribution in [-0.2, 0) is 6.54 Å². The second kappa shape index (κ2) is 11.4. The van der Waals surface area contributed by atoms with Crippen molar-refractivity contribution in [2.45, 2.75) is 13.5 Å². The van der Waals surface area contributed by atoms with Gasteiger partial charge >= 0.3 is 0 Å². The summed E-state index contributed by atoms with van der Waals surface area (Å²) < 4.78 is 6.14. The first kappa shape index (κ1) is 23.4. The molecule has 3 N–H and O–H groups in total. The van der Waals surface area contributed by atoms with Gasteiger partial charge in [0.15, 0.2) is 5.11 Å². The molecule has 0 radical (unpaired) electrons. The molecule has 3 aromatic carbocycles. The minimum Gasteiger partial charge on any atom is -0.493 e. The van der Waals surface area contributed by atoms with Crippen molar-refractivity contribution in [1.29, 1.82) is 0 Å². The van der Waals surface area contributed by atoms with Gasteiger partial charge in [-0.2, -0.15) is 0 Å². The minimum atomic E-state index is -0.344. The number of hydrogen-bond acceptors (Lipinski definition) is 4. The summed E-state index contributed by atoms with van der Waals surface area (Å²) in [5.74, 6) is 0.151. The highest BCUT2D eigenvalue weighted by Crippen LogP contribution is 2.26. The van der Waals surface area contributed by atoms with Crippen molar-refractivity contribution in [3.8, 4) is 5.75 Å². The molecule has 0 heterocycles. The lowest BCUT2D eigenvalue weighted by molar-refractivity contribution is 0.0948. The van der Waals surface area contributed by atoms with Gasteiger partial charge in [-0.25, -0.2) is 0 Å². The molecule has 3 aromatic rings. The molecular weight excluding hydrogens is 490 g/mol. The van der Waals surface area contributed by atoms with Crippen molar-refractivity contribution in [3.63, 3.8) is 0 Å². The van der Waals surface area contributed by atoms with Crippen molar-refractivity contribution in [3.05, 3.63) is 94.0 Å². The maximum absolute atomic E-state index is 12.4. The molecular formula is C24H22BrN3O3S. The fourth-order valence-corrected chi connectivity index (χ4v) is 3.54. The molecule has 0 atom stereocenters. The fourth-order valence-electron chi connectivity index (χ4n) is 2.84. The van der Waals surface area contributed by atoms with Crippen LogP contribution in [0.3, 0.4) is 0 Å². The number of benzene rings is 3. The molecule has 3 rings (SSSR count). The molecule has 0 unspecified atom stereocenters. The molecule has 0 fully saturated rings. The van der Waals surface area contributed by atoms with Crippen molar-refractivity contribution >= 4 is 50.8 Å². The third kappa shape index (κ3) is 6.63. The van der Waals surface area contributed by atoms with Crippen molar-refractivity contribution in [2.75, 3.05) is 11.9 Å². The van der Waals surface area contributed by atoms with E-state index in [2.05, 4.69) is 31.9 Å². The maximum atomic E-state index is 12.4. The van der Waals surface area contributed by atoms with E-state index in [-0.39, 0.29) is 16.9 Å². The SMILES string of the molecule is CCOc1ccc(C(=O)NC(=S)Nc2ccc(C(=O)NCc3ccccc3)cc2)cc1Br. The quantitative estimate of drug-likeness (QED) is 0.393. The number of carbonyl (C=O) groups excluding carboxylic acids is 2. The van der Waals surface area contributed by atoms with E-state index in [9.17, 15) is 9.59 Å². The number of carbonyl (C=O) groups is 2. The summed E-state index contributed by atoms with van der Waals surface area (Å²) in [4.78, 5) is 24.8. The number of hydrogen-bond donors (Lipinski definition) is 3. The highest BCUT2D eigenvalue weighted by atomic mass is 79.9. The first-order chi connectivity index (χ1) is 15.5. The van der Waals surface area contributed by atoms with Gasteiger partial charge in [-0.15, -0.1) is 0 Å². The number of ether oxygens (including phenoxy) is 1.